The third-order valence-electron chi connectivity index (χ3n) is 3.57. The van der Waals surface area contributed by atoms with Crippen LogP contribution < -0.4 is 4.72 Å². The summed E-state index contributed by atoms with van der Waals surface area (Å²) in [4.78, 5) is 0.135. The fourth-order valence-corrected chi connectivity index (χ4v) is 3.49. The average Bonchev–Trinajstić information content (AvgIpc) is 2.55. The monoisotopic (exact) mass is 335 g/mol. The number of nitrogens with one attached hydrogen (secondary N) is 1. The van der Waals surface area contributed by atoms with Gasteiger partial charge in [-0.1, -0.05) is 48.0 Å². The highest BCUT2D eigenvalue weighted by atomic mass is 32.2. The minimum atomic E-state index is -3.74. The quantitative estimate of drug-likeness (QED) is 0.719. The number of aliphatic hydroxyl groups excluding tert-OH is 2. The van der Waals surface area contributed by atoms with Gasteiger partial charge in [0.15, 0.2) is 0 Å². The van der Waals surface area contributed by atoms with Gasteiger partial charge in [-0.2, -0.15) is 0 Å². The highest BCUT2D eigenvalue weighted by Crippen LogP contribution is 2.19. The van der Waals surface area contributed by atoms with Crippen LogP contribution in [-0.4, -0.2) is 31.3 Å². The molecule has 124 valence electrons. The SMILES string of the molecule is Cc1ccc(S(=O)(=O)N[C@H](CO)C[C@@H](O)c2ccccc2)cc1. The van der Waals surface area contributed by atoms with Crippen molar-refractivity contribution in [3.8, 4) is 0 Å². The highest BCUT2D eigenvalue weighted by Gasteiger charge is 2.22. The lowest BCUT2D eigenvalue weighted by Gasteiger charge is -2.20. The Balaban J connectivity index is 2.08. The zero-order chi connectivity index (χ0) is 16.9. The normalized spacial score (nSPS) is 14.4. The molecule has 2 atom stereocenters. The molecule has 5 nitrogen and oxygen atoms in total. The second-order valence-corrected chi connectivity index (χ2v) is 7.19. The van der Waals surface area contributed by atoms with Crippen molar-refractivity contribution in [3.63, 3.8) is 0 Å². The fraction of sp³-hybridized carbons (Fsp3) is 0.294. The zero-order valence-electron chi connectivity index (χ0n) is 12.9. The molecule has 0 aromatic heterocycles. The molecule has 0 aliphatic rings. The van der Waals surface area contributed by atoms with E-state index in [2.05, 4.69) is 4.72 Å². The van der Waals surface area contributed by atoms with Crippen molar-refractivity contribution in [1.29, 1.82) is 0 Å². The summed E-state index contributed by atoms with van der Waals surface area (Å²) >= 11 is 0. The summed E-state index contributed by atoms with van der Waals surface area (Å²) in [6, 6.07) is 14.6. The first-order valence-electron chi connectivity index (χ1n) is 7.35. The topological polar surface area (TPSA) is 86.6 Å². The Morgan fingerprint density at radius 1 is 1.04 bits per heavy atom. The second-order valence-electron chi connectivity index (χ2n) is 5.48. The van der Waals surface area contributed by atoms with Crippen LogP contribution in [0.1, 0.15) is 23.7 Å². The maximum absolute atomic E-state index is 12.3. The summed E-state index contributed by atoms with van der Waals surface area (Å²) in [5.41, 5.74) is 1.64. The minimum absolute atomic E-state index is 0.0889. The van der Waals surface area contributed by atoms with Crippen LogP contribution in [0.3, 0.4) is 0 Å². The van der Waals surface area contributed by atoms with Crippen molar-refractivity contribution >= 4 is 10.0 Å². The zero-order valence-corrected chi connectivity index (χ0v) is 13.7. The molecule has 0 aliphatic carbocycles. The summed E-state index contributed by atoms with van der Waals surface area (Å²) in [7, 11) is -3.74. The van der Waals surface area contributed by atoms with Gasteiger partial charge in [0.05, 0.1) is 17.6 Å². The van der Waals surface area contributed by atoms with Gasteiger partial charge >= 0.3 is 0 Å². The molecular formula is C17H21NO4S. The molecular weight excluding hydrogens is 314 g/mol. The van der Waals surface area contributed by atoms with E-state index in [-0.39, 0.29) is 11.3 Å². The van der Waals surface area contributed by atoms with Gasteiger partial charge in [0.25, 0.3) is 0 Å². The van der Waals surface area contributed by atoms with Crippen molar-refractivity contribution in [1.82, 2.24) is 4.72 Å². The third kappa shape index (κ3) is 4.87. The van der Waals surface area contributed by atoms with Gasteiger partial charge in [-0.15, -0.1) is 0 Å². The third-order valence-corrected chi connectivity index (χ3v) is 5.10. The molecule has 0 amide bonds. The Labute approximate surface area is 136 Å². The number of aryl methyl sites for hydroxylation is 1. The van der Waals surface area contributed by atoms with Crippen molar-refractivity contribution < 1.29 is 18.6 Å². The van der Waals surface area contributed by atoms with Gasteiger partial charge < -0.3 is 10.2 Å². The lowest BCUT2D eigenvalue weighted by atomic mass is 10.0. The molecule has 0 saturated carbocycles. The molecule has 2 aromatic rings. The Morgan fingerprint density at radius 3 is 2.22 bits per heavy atom. The van der Waals surface area contributed by atoms with E-state index in [4.69, 9.17) is 0 Å². The van der Waals surface area contributed by atoms with Crippen LogP contribution in [0.5, 0.6) is 0 Å². The van der Waals surface area contributed by atoms with Crippen molar-refractivity contribution in [2.75, 3.05) is 6.61 Å². The van der Waals surface area contributed by atoms with Crippen LogP contribution in [0.25, 0.3) is 0 Å². The molecule has 0 saturated heterocycles. The Kier molecular flexibility index (Phi) is 5.90. The number of benzene rings is 2. The molecule has 0 heterocycles. The lowest BCUT2D eigenvalue weighted by molar-refractivity contribution is 0.136. The average molecular weight is 335 g/mol. The smallest absolute Gasteiger partial charge is 0.240 e. The number of sulfonamides is 1. The Bertz CT molecular complexity index is 714. The summed E-state index contributed by atoms with van der Waals surface area (Å²) in [5, 5.41) is 19.6. The van der Waals surface area contributed by atoms with Crippen LogP contribution in [0, 0.1) is 6.92 Å². The molecule has 0 spiro atoms. The first kappa shape index (κ1) is 17.6. The predicted octanol–water partition coefficient (Wildman–Crippen LogP) is 1.76. The molecule has 6 heteroatoms. The van der Waals surface area contributed by atoms with E-state index in [0.29, 0.717) is 5.56 Å². The van der Waals surface area contributed by atoms with E-state index in [9.17, 15) is 18.6 Å². The summed E-state index contributed by atoms with van der Waals surface area (Å²) < 4.78 is 27.1. The van der Waals surface area contributed by atoms with Crippen molar-refractivity contribution in [2.24, 2.45) is 0 Å². The molecule has 0 aliphatic heterocycles. The predicted molar refractivity (Wildman–Crippen MR) is 88.4 cm³/mol. The van der Waals surface area contributed by atoms with Crippen LogP contribution in [0.4, 0.5) is 0 Å². The molecule has 2 rings (SSSR count). The van der Waals surface area contributed by atoms with Crippen LogP contribution in [-0.2, 0) is 10.0 Å². The van der Waals surface area contributed by atoms with E-state index in [1.54, 1.807) is 36.4 Å². The van der Waals surface area contributed by atoms with Gasteiger partial charge in [0.1, 0.15) is 0 Å². The minimum Gasteiger partial charge on any atom is -0.395 e. The molecule has 3 N–H and O–H groups in total. The number of hydrogen-bond donors (Lipinski definition) is 3. The van der Waals surface area contributed by atoms with E-state index in [0.717, 1.165) is 5.56 Å². The Morgan fingerprint density at radius 2 is 1.65 bits per heavy atom. The summed E-state index contributed by atoms with van der Waals surface area (Å²) in [5.74, 6) is 0. The summed E-state index contributed by atoms with van der Waals surface area (Å²) in [6.45, 7) is 1.48. The largest absolute Gasteiger partial charge is 0.395 e. The van der Waals surface area contributed by atoms with E-state index in [1.165, 1.54) is 12.1 Å². The first-order valence-corrected chi connectivity index (χ1v) is 8.83. The second kappa shape index (κ2) is 7.70. The van der Waals surface area contributed by atoms with E-state index < -0.39 is 28.8 Å². The van der Waals surface area contributed by atoms with Gasteiger partial charge in [0, 0.05) is 6.04 Å². The maximum Gasteiger partial charge on any atom is 0.240 e. The lowest BCUT2D eigenvalue weighted by Crippen LogP contribution is -2.38. The van der Waals surface area contributed by atoms with Crippen LogP contribution in [0.2, 0.25) is 0 Å². The molecule has 23 heavy (non-hydrogen) atoms. The number of hydrogen-bond acceptors (Lipinski definition) is 4. The van der Waals surface area contributed by atoms with Gasteiger partial charge in [-0.25, -0.2) is 13.1 Å². The fourth-order valence-electron chi connectivity index (χ4n) is 2.25. The standard InChI is InChI=1S/C17H21NO4S/c1-13-7-9-16(10-8-13)23(21,22)18-15(12-19)11-17(20)14-5-3-2-4-6-14/h2-10,15,17-20H,11-12H2,1H3/t15-,17+/m0/s1. The maximum atomic E-state index is 12.3. The van der Waals surface area contributed by atoms with Gasteiger partial charge in [0.2, 0.25) is 10.0 Å². The van der Waals surface area contributed by atoms with E-state index in [1.807, 2.05) is 13.0 Å². The highest BCUT2D eigenvalue weighted by molar-refractivity contribution is 7.89. The summed E-state index contributed by atoms with van der Waals surface area (Å²) in [6.07, 6.45) is -0.764. The van der Waals surface area contributed by atoms with Crippen LogP contribution >= 0.6 is 0 Å². The number of aliphatic hydroxyl groups is 2. The van der Waals surface area contributed by atoms with Crippen molar-refractivity contribution in [3.05, 3.63) is 65.7 Å². The van der Waals surface area contributed by atoms with Gasteiger partial charge in [-0.3, -0.25) is 0 Å². The molecule has 0 unspecified atom stereocenters. The van der Waals surface area contributed by atoms with E-state index >= 15 is 0 Å². The molecule has 0 bridgehead atoms. The number of rotatable bonds is 7. The van der Waals surface area contributed by atoms with Crippen molar-refractivity contribution in [2.45, 2.75) is 30.4 Å². The molecule has 0 fully saturated rings. The van der Waals surface area contributed by atoms with Crippen LogP contribution in [0.15, 0.2) is 59.5 Å². The van der Waals surface area contributed by atoms with Gasteiger partial charge in [-0.05, 0) is 31.0 Å². The molecule has 2 aromatic carbocycles. The Hall–Kier alpha value is -1.73. The first-order chi connectivity index (χ1) is 10.9. The molecule has 0 radical (unpaired) electrons.